The molecule has 3 heterocycles. The smallest absolute Gasteiger partial charge is 0.365 e. The molecule has 0 saturated heterocycles. The zero-order chi connectivity index (χ0) is 13.2. The predicted octanol–water partition coefficient (Wildman–Crippen LogP) is 3.84. The third-order valence-electron chi connectivity index (χ3n) is 2.49. The summed E-state index contributed by atoms with van der Waals surface area (Å²) in [7, 11) is 0. The van der Waals surface area contributed by atoms with E-state index < -0.39 is 0 Å². The van der Waals surface area contributed by atoms with Crippen LogP contribution in [0.1, 0.15) is 9.75 Å². The lowest BCUT2D eigenvalue weighted by atomic mass is 10.3. The molecule has 3 rings (SSSR count). The van der Waals surface area contributed by atoms with Crippen LogP contribution in [-0.2, 0) is 9.53 Å². The Morgan fingerprint density at radius 2 is 2.05 bits per heavy atom. The highest BCUT2D eigenvalue weighted by Gasteiger charge is 2.28. The van der Waals surface area contributed by atoms with Crippen LogP contribution in [0, 0.1) is 0 Å². The lowest BCUT2D eigenvalue weighted by molar-refractivity contribution is -0.129. The molecule has 0 aliphatic carbocycles. The van der Waals surface area contributed by atoms with Gasteiger partial charge in [-0.1, -0.05) is 12.1 Å². The minimum absolute atomic E-state index is 0.374. The molecule has 0 amide bonds. The molecule has 0 radical (unpaired) electrons. The number of thiophene rings is 2. The average Bonchev–Trinajstić information content (AvgIpc) is 3.11. The molecule has 0 unspecified atom stereocenters. The van der Waals surface area contributed by atoms with Gasteiger partial charge in [0.2, 0.25) is 5.90 Å². The van der Waals surface area contributed by atoms with Gasteiger partial charge in [-0.2, -0.15) is 0 Å². The number of rotatable bonds is 3. The maximum atomic E-state index is 12.0. The Labute approximate surface area is 122 Å². The molecule has 19 heavy (non-hydrogen) atoms. The summed E-state index contributed by atoms with van der Waals surface area (Å²) in [5, 5.41) is 3.92. The van der Waals surface area contributed by atoms with E-state index in [0.29, 0.717) is 11.6 Å². The molecular formula is C13H9NO2S3. The van der Waals surface area contributed by atoms with Gasteiger partial charge in [0, 0.05) is 4.88 Å². The van der Waals surface area contributed by atoms with Crippen molar-refractivity contribution in [3.63, 3.8) is 0 Å². The summed E-state index contributed by atoms with van der Waals surface area (Å²) in [6.07, 6.45) is 1.94. The van der Waals surface area contributed by atoms with Gasteiger partial charge in [0.25, 0.3) is 0 Å². The van der Waals surface area contributed by atoms with Crippen molar-refractivity contribution in [1.29, 1.82) is 0 Å². The molecule has 6 heteroatoms. The highest BCUT2D eigenvalue weighted by Crippen LogP contribution is 2.35. The van der Waals surface area contributed by atoms with Gasteiger partial charge in [-0.15, -0.1) is 34.4 Å². The van der Waals surface area contributed by atoms with E-state index in [2.05, 4.69) is 4.99 Å². The molecule has 2 aromatic rings. The second-order valence-electron chi connectivity index (χ2n) is 3.64. The number of hydrogen-bond acceptors (Lipinski definition) is 6. The average molecular weight is 307 g/mol. The summed E-state index contributed by atoms with van der Waals surface area (Å²) in [5.74, 6) is 0.0271. The van der Waals surface area contributed by atoms with Crippen LogP contribution < -0.4 is 0 Å². The van der Waals surface area contributed by atoms with Crippen LogP contribution in [-0.4, -0.2) is 18.1 Å². The van der Waals surface area contributed by atoms with Crippen molar-refractivity contribution in [3.05, 3.63) is 50.5 Å². The fourth-order valence-corrected chi connectivity index (χ4v) is 3.98. The zero-order valence-electron chi connectivity index (χ0n) is 9.95. The number of carbonyl (C=O) groups is 1. The second-order valence-corrected chi connectivity index (χ2v) is 6.35. The topological polar surface area (TPSA) is 38.7 Å². The van der Waals surface area contributed by atoms with E-state index >= 15 is 0 Å². The molecule has 0 saturated carbocycles. The SMILES string of the molecule is CS/C(=C1\N=C(c2cccs2)OC1=O)c1cccs1. The Bertz CT molecular complexity index is 654. The van der Waals surface area contributed by atoms with Crippen LogP contribution in [0.5, 0.6) is 0 Å². The first kappa shape index (κ1) is 12.7. The quantitative estimate of drug-likeness (QED) is 0.639. The molecule has 1 aliphatic heterocycles. The summed E-state index contributed by atoms with van der Waals surface area (Å²) in [4.78, 5) is 19.1. The van der Waals surface area contributed by atoms with Crippen LogP contribution in [0.25, 0.3) is 4.91 Å². The zero-order valence-corrected chi connectivity index (χ0v) is 12.4. The van der Waals surface area contributed by atoms with E-state index in [-0.39, 0.29) is 5.97 Å². The van der Waals surface area contributed by atoms with Crippen molar-refractivity contribution >= 4 is 51.2 Å². The standard InChI is InChI=1S/C13H9NO2S3/c1-17-11(8-4-2-6-18-8)10-13(15)16-12(14-10)9-5-3-7-19-9/h2-7H,1H3/b11-10-. The van der Waals surface area contributed by atoms with Gasteiger partial charge in [0.15, 0.2) is 5.70 Å². The predicted molar refractivity (Wildman–Crippen MR) is 81.7 cm³/mol. The van der Waals surface area contributed by atoms with Gasteiger partial charge < -0.3 is 4.74 Å². The molecule has 1 aliphatic rings. The number of nitrogens with zero attached hydrogens (tertiary/aromatic N) is 1. The first-order valence-electron chi connectivity index (χ1n) is 5.46. The van der Waals surface area contributed by atoms with Crippen molar-refractivity contribution in [2.75, 3.05) is 6.26 Å². The summed E-state index contributed by atoms with van der Waals surface area (Å²) < 4.78 is 5.25. The van der Waals surface area contributed by atoms with E-state index in [4.69, 9.17) is 4.74 Å². The van der Waals surface area contributed by atoms with Gasteiger partial charge in [0.05, 0.1) is 9.78 Å². The maximum Gasteiger partial charge on any atom is 0.365 e. The third-order valence-corrected chi connectivity index (χ3v) is 5.19. The molecule has 3 nitrogen and oxygen atoms in total. The number of cyclic esters (lactones) is 1. The van der Waals surface area contributed by atoms with Crippen molar-refractivity contribution in [2.24, 2.45) is 4.99 Å². The normalized spacial score (nSPS) is 17.3. The number of esters is 1. The molecule has 0 atom stereocenters. The first-order valence-corrected chi connectivity index (χ1v) is 8.45. The molecule has 0 N–H and O–H groups in total. The highest BCUT2D eigenvalue weighted by molar-refractivity contribution is 8.07. The summed E-state index contributed by atoms with van der Waals surface area (Å²) >= 11 is 4.61. The minimum atomic E-state index is -0.374. The van der Waals surface area contributed by atoms with Crippen LogP contribution >= 0.6 is 34.4 Å². The lowest BCUT2D eigenvalue weighted by Crippen LogP contribution is -2.04. The van der Waals surface area contributed by atoms with E-state index in [9.17, 15) is 4.79 Å². The van der Waals surface area contributed by atoms with Crippen LogP contribution in [0.2, 0.25) is 0 Å². The van der Waals surface area contributed by atoms with Crippen LogP contribution in [0.15, 0.2) is 45.7 Å². The van der Waals surface area contributed by atoms with E-state index in [1.807, 2.05) is 41.3 Å². The molecular weight excluding hydrogens is 298 g/mol. The van der Waals surface area contributed by atoms with Gasteiger partial charge >= 0.3 is 5.97 Å². The molecule has 2 aromatic heterocycles. The monoisotopic (exact) mass is 307 g/mol. The largest absolute Gasteiger partial charge is 0.401 e. The molecule has 96 valence electrons. The highest BCUT2D eigenvalue weighted by atomic mass is 32.2. The lowest BCUT2D eigenvalue weighted by Gasteiger charge is -2.00. The summed E-state index contributed by atoms with van der Waals surface area (Å²) in [6, 6.07) is 7.74. The first-order chi connectivity index (χ1) is 9.29. The summed E-state index contributed by atoms with van der Waals surface area (Å²) in [6.45, 7) is 0. The Hall–Kier alpha value is -1.37. The molecule has 0 spiro atoms. The van der Waals surface area contributed by atoms with Crippen molar-refractivity contribution in [2.45, 2.75) is 0 Å². The van der Waals surface area contributed by atoms with Gasteiger partial charge in [-0.25, -0.2) is 9.79 Å². The molecule has 0 aromatic carbocycles. The third kappa shape index (κ3) is 2.39. The van der Waals surface area contributed by atoms with Gasteiger partial charge in [-0.05, 0) is 29.1 Å². The van der Waals surface area contributed by atoms with E-state index in [1.54, 1.807) is 11.3 Å². The van der Waals surface area contributed by atoms with Crippen LogP contribution in [0.3, 0.4) is 0 Å². The minimum Gasteiger partial charge on any atom is -0.401 e. The number of carbonyl (C=O) groups excluding carboxylic acids is 1. The molecule has 0 bridgehead atoms. The molecule has 0 fully saturated rings. The van der Waals surface area contributed by atoms with Crippen molar-refractivity contribution < 1.29 is 9.53 Å². The summed E-state index contributed by atoms with van der Waals surface area (Å²) in [5.41, 5.74) is 0.401. The van der Waals surface area contributed by atoms with Crippen LogP contribution in [0.4, 0.5) is 0 Å². The fraction of sp³-hybridized carbons (Fsp3) is 0.0769. The number of aliphatic imine (C=N–C) groups is 1. The van der Waals surface area contributed by atoms with Gasteiger partial charge in [0.1, 0.15) is 0 Å². The van der Waals surface area contributed by atoms with Crippen molar-refractivity contribution in [1.82, 2.24) is 0 Å². The fourth-order valence-electron chi connectivity index (χ4n) is 1.68. The second kappa shape index (κ2) is 5.32. The number of ether oxygens (including phenoxy) is 1. The number of hydrogen-bond donors (Lipinski definition) is 0. The van der Waals surface area contributed by atoms with E-state index in [0.717, 1.165) is 14.7 Å². The Morgan fingerprint density at radius 1 is 1.26 bits per heavy atom. The van der Waals surface area contributed by atoms with Gasteiger partial charge in [-0.3, -0.25) is 0 Å². The Kier molecular flexibility index (Phi) is 3.54. The maximum absolute atomic E-state index is 12.0. The number of thioether (sulfide) groups is 1. The van der Waals surface area contributed by atoms with E-state index in [1.165, 1.54) is 23.1 Å². The van der Waals surface area contributed by atoms with Crippen molar-refractivity contribution in [3.8, 4) is 0 Å². The Balaban J connectivity index is 2.06. The Morgan fingerprint density at radius 3 is 2.68 bits per heavy atom.